The van der Waals surface area contributed by atoms with Crippen LogP contribution in [0.1, 0.15) is 78.4 Å². The van der Waals surface area contributed by atoms with Crippen LogP contribution in [0.4, 0.5) is 0 Å². The first-order valence-electron chi connectivity index (χ1n) is 8.95. The fraction of sp³-hybridized carbons (Fsp3) is 0.650. The molecule has 0 bridgehead atoms. The third-order valence-corrected chi connectivity index (χ3v) is 5.22. The average Bonchev–Trinajstić information content (AvgIpc) is 2.58. The van der Waals surface area contributed by atoms with E-state index in [1.165, 1.54) is 11.1 Å². The van der Waals surface area contributed by atoms with Crippen molar-refractivity contribution in [3.8, 4) is 5.75 Å². The zero-order chi connectivity index (χ0) is 18.4. The number of ether oxygens (including phenoxy) is 1. The minimum absolute atomic E-state index is 0.0454. The van der Waals surface area contributed by atoms with Gasteiger partial charge in [-0.25, -0.2) is 5.84 Å². The van der Waals surface area contributed by atoms with Crippen LogP contribution in [0.5, 0.6) is 5.75 Å². The lowest BCUT2D eigenvalue weighted by Crippen LogP contribution is -2.30. The lowest BCUT2D eigenvalue weighted by molar-refractivity contribution is -0.121. The predicted octanol–water partition coefficient (Wildman–Crippen LogP) is 4.21. The fourth-order valence-electron chi connectivity index (χ4n) is 2.49. The Morgan fingerprint density at radius 3 is 2.29 bits per heavy atom. The molecule has 0 spiro atoms. The molecule has 0 atom stereocenters. The third-order valence-electron chi connectivity index (χ3n) is 5.22. The van der Waals surface area contributed by atoms with E-state index < -0.39 is 0 Å². The van der Waals surface area contributed by atoms with E-state index in [0.717, 1.165) is 18.6 Å². The predicted molar refractivity (Wildman–Crippen MR) is 100 cm³/mol. The van der Waals surface area contributed by atoms with Gasteiger partial charge in [0.15, 0.2) is 0 Å². The Labute approximate surface area is 147 Å². The molecule has 136 valence electrons. The molecule has 0 aromatic heterocycles. The lowest BCUT2D eigenvalue weighted by atomic mass is 9.76. The van der Waals surface area contributed by atoms with Gasteiger partial charge in [0.2, 0.25) is 5.91 Å². The maximum atomic E-state index is 11.2. The van der Waals surface area contributed by atoms with Gasteiger partial charge in [0.05, 0.1) is 6.61 Å². The molecule has 0 saturated heterocycles. The molecule has 1 aromatic rings. The van der Waals surface area contributed by atoms with E-state index in [1.807, 2.05) is 0 Å². The zero-order valence-corrected chi connectivity index (χ0v) is 16.2. The number of rotatable bonds is 9. The number of hydrazine groups is 1. The minimum atomic E-state index is -0.159. The van der Waals surface area contributed by atoms with E-state index >= 15 is 0 Å². The largest absolute Gasteiger partial charge is 0.493 e. The summed E-state index contributed by atoms with van der Waals surface area (Å²) in [5, 5.41) is 0. The molecule has 0 heterocycles. The number of nitrogens with one attached hydrogen (secondary N) is 1. The first-order valence-corrected chi connectivity index (χ1v) is 8.95. The third kappa shape index (κ3) is 5.23. The Hall–Kier alpha value is -1.55. The maximum Gasteiger partial charge on any atom is 0.234 e. The molecule has 0 aliphatic carbocycles. The number of carbonyl (C=O) groups excluding carboxylic acids is 1. The standard InChI is InChI=1S/C20H34N2O2/c1-7-19(3,4)15-11-12-17(16(14-15)20(5,6)8-2)24-13-9-10-18(23)22-21/h11-12,14H,7-10,13,21H2,1-6H3,(H,22,23). The number of hydrogen-bond acceptors (Lipinski definition) is 3. The Morgan fingerprint density at radius 2 is 1.75 bits per heavy atom. The van der Waals surface area contributed by atoms with Gasteiger partial charge in [-0.1, -0.05) is 53.7 Å². The first-order chi connectivity index (χ1) is 11.2. The van der Waals surface area contributed by atoms with Gasteiger partial charge >= 0.3 is 0 Å². The molecule has 4 nitrogen and oxygen atoms in total. The van der Waals surface area contributed by atoms with Crippen LogP contribution in [0.2, 0.25) is 0 Å². The highest BCUT2D eigenvalue weighted by Gasteiger charge is 2.26. The summed E-state index contributed by atoms with van der Waals surface area (Å²) in [6.45, 7) is 14.0. The van der Waals surface area contributed by atoms with Crippen molar-refractivity contribution in [3.63, 3.8) is 0 Å². The van der Waals surface area contributed by atoms with E-state index in [9.17, 15) is 4.79 Å². The van der Waals surface area contributed by atoms with Crippen molar-refractivity contribution in [1.82, 2.24) is 5.43 Å². The monoisotopic (exact) mass is 334 g/mol. The van der Waals surface area contributed by atoms with E-state index in [4.69, 9.17) is 10.6 Å². The van der Waals surface area contributed by atoms with Crippen LogP contribution >= 0.6 is 0 Å². The molecule has 24 heavy (non-hydrogen) atoms. The van der Waals surface area contributed by atoms with Gasteiger partial charge in [-0.05, 0) is 41.7 Å². The van der Waals surface area contributed by atoms with Gasteiger partial charge in [0.25, 0.3) is 0 Å². The Bertz CT molecular complexity index is 551. The Balaban J connectivity index is 3.00. The molecule has 0 saturated carbocycles. The number of benzene rings is 1. The summed E-state index contributed by atoms with van der Waals surface area (Å²) in [5.41, 5.74) is 4.93. The summed E-state index contributed by atoms with van der Waals surface area (Å²) in [7, 11) is 0. The van der Waals surface area contributed by atoms with Crippen LogP contribution in [-0.4, -0.2) is 12.5 Å². The van der Waals surface area contributed by atoms with Crippen LogP contribution in [-0.2, 0) is 15.6 Å². The quantitative estimate of drug-likeness (QED) is 0.308. The summed E-state index contributed by atoms with van der Waals surface area (Å²) in [5.74, 6) is 5.86. The summed E-state index contributed by atoms with van der Waals surface area (Å²) in [6.07, 6.45) is 3.16. The van der Waals surface area contributed by atoms with Crippen LogP contribution in [0.15, 0.2) is 18.2 Å². The molecule has 4 heteroatoms. The molecule has 1 aromatic carbocycles. The maximum absolute atomic E-state index is 11.2. The van der Waals surface area contributed by atoms with E-state index in [0.29, 0.717) is 19.4 Å². The van der Waals surface area contributed by atoms with Crippen LogP contribution in [0.25, 0.3) is 0 Å². The van der Waals surface area contributed by atoms with Gasteiger partial charge in [-0.3, -0.25) is 10.2 Å². The van der Waals surface area contributed by atoms with Crippen molar-refractivity contribution in [1.29, 1.82) is 0 Å². The molecular formula is C20H34N2O2. The van der Waals surface area contributed by atoms with Crippen LogP contribution in [0, 0.1) is 0 Å². The molecule has 0 radical (unpaired) electrons. The number of hydrogen-bond donors (Lipinski definition) is 2. The highest BCUT2D eigenvalue weighted by molar-refractivity contribution is 5.75. The van der Waals surface area contributed by atoms with E-state index in [-0.39, 0.29) is 16.7 Å². The highest BCUT2D eigenvalue weighted by Crippen LogP contribution is 2.38. The van der Waals surface area contributed by atoms with Gasteiger partial charge in [0, 0.05) is 12.0 Å². The molecule has 1 amide bonds. The fourth-order valence-corrected chi connectivity index (χ4v) is 2.49. The van der Waals surface area contributed by atoms with Crippen molar-refractivity contribution >= 4 is 5.91 Å². The second kappa shape index (κ2) is 8.52. The number of carbonyl (C=O) groups is 1. The van der Waals surface area contributed by atoms with Crippen molar-refractivity contribution in [2.75, 3.05) is 6.61 Å². The van der Waals surface area contributed by atoms with Crippen LogP contribution in [0.3, 0.4) is 0 Å². The summed E-state index contributed by atoms with van der Waals surface area (Å²) < 4.78 is 6.00. The van der Waals surface area contributed by atoms with Gasteiger partial charge in [0.1, 0.15) is 5.75 Å². The molecule has 1 rings (SSSR count). The average molecular weight is 335 g/mol. The van der Waals surface area contributed by atoms with Crippen molar-refractivity contribution in [2.24, 2.45) is 5.84 Å². The van der Waals surface area contributed by atoms with Gasteiger partial charge in [-0.2, -0.15) is 0 Å². The molecule has 0 fully saturated rings. The normalized spacial score (nSPS) is 12.1. The van der Waals surface area contributed by atoms with Crippen LogP contribution < -0.4 is 16.0 Å². The topological polar surface area (TPSA) is 64.3 Å². The van der Waals surface area contributed by atoms with Gasteiger partial charge in [-0.15, -0.1) is 0 Å². The molecular weight excluding hydrogens is 300 g/mol. The van der Waals surface area contributed by atoms with Crippen molar-refractivity contribution in [3.05, 3.63) is 29.3 Å². The zero-order valence-electron chi connectivity index (χ0n) is 16.2. The SMILES string of the molecule is CCC(C)(C)c1ccc(OCCCC(=O)NN)c(C(C)(C)CC)c1. The smallest absolute Gasteiger partial charge is 0.234 e. The van der Waals surface area contributed by atoms with Crippen molar-refractivity contribution < 1.29 is 9.53 Å². The Morgan fingerprint density at radius 1 is 1.12 bits per heavy atom. The highest BCUT2D eigenvalue weighted by atomic mass is 16.5. The summed E-state index contributed by atoms with van der Waals surface area (Å²) in [4.78, 5) is 11.2. The second-order valence-electron chi connectivity index (χ2n) is 7.71. The first kappa shape index (κ1) is 20.5. The molecule has 0 aliphatic heterocycles. The van der Waals surface area contributed by atoms with E-state index in [1.54, 1.807) is 0 Å². The minimum Gasteiger partial charge on any atom is -0.493 e. The van der Waals surface area contributed by atoms with Gasteiger partial charge < -0.3 is 4.74 Å². The summed E-state index contributed by atoms with van der Waals surface area (Å²) in [6, 6.07) is 6.55. The second-order valence-corrected chi connectivity index (χ2v) is 7.71. The van der Waals surface area contributed by atoms with Crippen molar-refractivity contribution in [2.45, 2.75) is 78.1 Å². The van der Waals surface area contributed by atoms with E-state index in [2.05, 4.69) is 65.2 Å². The lowest BCUT2D eigenvalue weighted by Gasteiger charge is -2.30. The molecule has 3 N–H and O–H groups in total. The molecule has 0 aliphatic rings. The Kier molecular flexibility index (Phi) is 7.27. The number of amides is 1. The number of nitrogens with two attached hydrogens (primary N) is 1. The summed E-state index contributed by atoms with van der Waals surface area (Å²) >= 11 is 0. The molecule has 0 unspecified atom stereocenters.